The monoisotopic (exact) mass is 450 g/mol. The summed E-state index contributed by atoms with van der Waals surface area (Å²) in [6, 6.07) is 5.79. The van der Waals surface area contributed by atoms with Gasteiger partial charge in [0.25, 0.3) is 5.91 Å². The number of halogens is 1. The van der Waals surface area contributed by atoms with Gasteiger partial charge in [-0.2, -0.15) is 10.1 Å². The minimum Gasteiger partial charge on any atom is -0.365 e. The lowest BCUT2D eigenvalue weighted by molar-refractivity contribution is -0.127. The summed E-state index contributed by atoms with van der Waals surface area (Å²) in [5.41, 5.74) is 6.53. The molecule has 0 aliphatic carbocycles. The summed E-state index contributed by atoms with van der Waals surface area (Å²) in [6.45, 7) is 4.81. The number of anilines is 4. The molecule has 170 valence electrons. The van der Waals surface area contributed by atoms with Crippen LogP contribution in [0.2, 0.25) is 0 Å². The molecule has 2 amide bonds. The Morgan fingerprint density at radius 1 is 1.24 bits per heavy atom. The molecule has 1 fully saturated rings. The van der Waals surface area contributed by atoms with Crippen LogP contribution in [0.4, 0.5) is 27.5 Å². The van der Waals surface area contributed by atoms with E-state index in [4.69, 9.17) is 5.73 Å². The molecule has 10 nitrogen and oxygen atoms in total. The first-order valence-electron chi connectivity index (χ1n) is 10.3. The van der Waals surface area contributed by atoms with Crippen molar-refractivity contribution in [3.63, 3.8) is 0 Å². The summed E-state index contributed by atoms with van der Waals surface area (Å²) in [5.74, 6) is -0.901. The number of carbonyl (C=O) groups is 2. The summed E-state index contributed by atoms with van der Waals surface area (Å²) in [4.78, 5) is 33.9. The molecule has 3 heterocycles. The van der Waals surface area contributed by atoms with Gasteiger partial charge in [0.15, 0.2) is 0 Å². The number of hydrogen-bond acceptors (Lipinski definition) is 7. The van der Waals surface area contributed by atoms with E-state index in [1.807, 2.05) is 0 Å². The van der Waals surface area contributed by atoms with Crippen molar-refractivity contribution in [2.75, 3.05) is 23.7 Å². The third kappa shape index (κ3) is 5.14. The molecule has 33 heavy (non-hydrogen) atoms. The van der Waals surface area contributed by atoms with Crippen LogP contribution < -0.4 is 16.4 Å². The van der Waals surface area contributed by atoms with Gasteiger partial charge in [-0.15, -0.1) is 0 Å². The highest BCUT2D eigenvalue weighted by Gasteiger charge is 2.24. The zero-order valence-corrected chi connectivity index (χ0v) is 17.7. The standard InChI is InChI=1S/C22H23FN8O2/c1-2-19(32)30-8-4-7-17(13-30)31-12-16(10-26-31)28-22-25-11-18(20(24)33)21(29-22)27-15-6-3-5-14(23)9-15/h2-3,5-6,9-12,17H,1,4,7-8,13H2,(H2,24,33)(H2,25,27,28,29). The van der Waals surface area contributed by atoms with Crippen molar-refractivity contribution in [1.82, 2.24) is 24.6 Å². The Hall–Kier alpha value is -4.28. The summed E-state index contributed by atoms with van der Waals surface area (Å²) in [7, 11) is 0. The molecule has 3 aromatic rings. The average Bonchev–Trinajstić information content (AvgIpc) is 3.27. The average molecular weight is 450 g/mol. The Balaban J connectivity index is 1.51. The van der Waals surface area contributed by atoms with Crippen molar-refractivity contribution in [3.8, 4) is 0 Å². The largest absolute Gasteiger partial charge is 0.365 e. The number of rotatable bonds is 7. The molecule has 11 heteroatoms. The number of piperidine rings is 1. The van der Waals surface area contributed by atoms with E-state index in [-0.39, 0.29) is 29.3 Å². The van der Waals surface area contributed by atoms with Gasteiger partial charge in [-0.05, 0) is 37.1 Å². The third-order valence-corrected chi connectivity index (χ3v) is 5.26. The van der Waals surface area contributed by atoms with E-state index in [0.717, 1.165) is 12.8 Å². The molecule has 1 aliphatic heterocycles. The number of primary amides is 1. The van der Waals surface area contributed by atoms with Crippen molar-refractivity contribution >= 4 is 35.0 Å². The zero-order chi connectivity index (χ0) is 23.4. The maximum absolute atomic E-state index is 13.5. The van der Waals surface area contributed by atoms with Crippen LogP contribution in [0.25, 0.3) is 0 Å². The molecule has 0 bridgehead atoms. The van der Waals surface area contributed by atoms with Gasteiger partial charge in [0.1, 0.15) is 17.2 Å². The first kappa shape index (κ1) is 21.9. The normalized spacial score (nSPS) is 15.7. The van der Waals surface area contributed by atoms with Crippen molar-refractivity contribution in [2.45, 2.75) is 18.9 Å². The van der Waals surface area contributed by atoms with Gasteiger partial charge in [-0.3, -0.25) is 14.3 Å². The molecule has 1 saturated heterocycles. The van der Waals surface area contributed by atoms with E-state index in [1.165, 1.54) is 30.5 Å². The lowest BCUT2D eigenvalue weighted by Crippen LogP contribution is -2.39. The van der Waals surface area contributed by atoms with Crippen molar-refractivity contribution in [2.24, 2.45) is 5.73 Å². The van der Waals surface area contributed by atoms with Crippen LogP contribution in [0, 0.1) is 5.82 Å². The Bertz CT molecular complexity index is 1190. The van der Waals surface area contributed by atoms with E-state index in [1.54, 1.807) is 28.0 Å². The van der Waals surface area contributed by atoms with Crippen LogP contribution in [-0.2, 0) is 4.79 Å². The molecule has 4 rings (SSSR count). The fourth-order valence-corrected chi connectivity index (χ4v) is 3.65. The topological polar surface area (TPSA) is 131 Å². The second kappa shape index (κ2) is 9.47. The molecule has 1 aromatic carbocycles. The van der Waals surface area contributed by atoms with Crippen LogP contribution >= 0.6 is 0 Å². The van der Waals surface area contributed by atoms with Crippen molar-refractivity contribution < 1.29 is 14.0 Å². The molecule has 0 saturated carbocycles. The number of nitrogens with one attached hydrogen (secondary N) is 2. The highest BCUT2D eigenvalue weighted by Crippen LogP contribution is 2.25. The van der Waals surface area contributed by atoms with Gasteiger partial charge >= 0.3 is 0 Å². The molecule has 1 aliphatic rings. The van der Waals surface area contributed by atoms with E-state index in [2.05, 4.69) is 32.3 Å². The first-order chi connectivity index (χ1) is 15.9. The van der Waals surface area contributed by atoms with Crippen LogP contribution in [0.1, 0.15) is 29.2 Å². The number of hydrogen-bond donors (Lipinski definition) is 3. The molecule has 2 aromatic heterocycles. The quantitative estimate of drug-likeness (QED) is 0.472. The van der Waals surface area contributed by atoms with Gasteiger partial charge in [0.2, 0.25) is 11.9 Å². The summed E-state index contributed by atoms with van der Waals surface area (Å²) >= 11 is 0. The van der Waals surface area contributed by atoms with Crippen LogP contribution in [-0.4, -0.2) is 49.6 Å². The fraction of sp³-hybridized carbons (Fsp3) is 0.227. The highest BCUT2D eigenvalue weighted by molar-refractivity contribution is 5.98. The van der Waals surface area contributed by atoms with Gasteiger partial charge in [0, 0.05) is 31.2 Å². The van der Waals surface area contributed by atoms with Crippen LogP contribution in [0.5, 0.6) is 0 Å². The second-order valence-electron chi connectivity index (χ2n) is 7.57. The molecule has 1 unspecified atom stereocenters. The number of carbonyl (C=O) groups excluding carboxylic acids is 2. The highest BCUT2D eigenvalue weighted by atomic mass is 19.1. The van der Waals surface area contributed by atoms with Gasteiger partial charge < -0.3 is 21.3 Å². The number of aromatic nitrogens is 4. The fourth-order valence-electron chi connectivity index (χ4n) is 3.65. The van der Waals surface area contributed by atoms with Gasteiger partial charge in [0.05, 0.1) is 17.9 Å². The minimum atomic E-state index is -0.718. The Labute approximate surface area is 189 Å². The number of amides is 2. The van der Waals surface area contributed by atoms with Crippen LogP contribution in [0.3, 0.4) is 0 Å². The van der Waals surface area contributed by atoms with Gasteiger partial charge in [-0.1, -0.05) is 12.6 Å². The predicted octanol–water partition coefficient (Wildman–Crippen LogP) is 2.75. The zero-order valence-electron chi connectivity index (χ0n) is 17.7. The summed E-state index contributed by atoms with van der Waals surface area (Å²) in [5, 5.41) is 10.3. The maximum Gasteiger partial charge on any atom is 0.254 e. The SMILES string of the molecule is C=CC(=O)N1CCCC(n2cc(Nc3ncc(C(N)=O)c(Nc4cccc(F)c4)n3)cn2)C1. The van der Waals surface area contributed by atoms with Crippen molar-refractivity contribution in [3.05, 3.63) is 66.9 Å². The molecular weight excluding hydrogens is 427 g/mol. The Kier molecular flexibility index (Phi) is 6.29. The van der Waals surface area contributed by atoms with E-state index >= 15 is 0 Å². The van der Waals surface area contributed by atoms with Crippen molar-refractivity contribution in [1.29, 1.82) is 0 Å². The van der Waals surface area contributed by atoms with E-state index in [0.29, 0.717) is 24.5 Å². The number of likely N-dealkylation sites (tertiary alicyclic amines) is 1. The lowest BCUT2D eigenvalue weighted by atomic mass is 10.1. The molecular formula is C22H23FN8O2. The lowest BCUT2D eigenvalue weighted by Gasteiger charge is -2.32. The predicted molar refractivity (Wildman–Crippen MR) is 121 cm³/mol. The molecule has 1 atom stereocenters. The van der Waals surface area contributed by atoms with E-state index in [9.17, 15) is 14.0 Å². The Morgan fingerprint density at radius 2 is 2.09 bits per heavy atom. The second-order valence-corrected chi connectivity index (χ2v) is 7.57. The molecule has 4 N–H and O–H groups in total. The molecule has 0 radical (unpaired) electrons. The van der Waals surface area contributed by atoms with E-state index < -0.39 is 11.7 Å². The minimum absolute atomic E-state index is 0.0431. The smallest absolute Gasteiger partial charge is 0.254 e. The van der Waals surface area contributed by atoms with Gasteiger partial charge in [-0.25, -0.2) is 9.37 Å². The summed E-state index contributed by atoms with van der Waals surface area (Å²) < 4.78 is 15.3. The summed E-state index contributed by atoms with van der Waals surface area (Å²) in [6.07, 6.45) is 7.81. The number of nitrogens with two attached hydrogens (primary N) is 1. The first-order valence-corrected chi connectivity index (χ1v) is 10.3. The number of benzene rings is 1. The van der Waals surface area contributed by atoms with Crippen LogP contribution in [0.15, 0.2) is 55.5 Å². The Morgan fingerprint density at radius 3 is 2.85 bits per heavy atom. The number of nitrogens with zero attached hydrogens (tertiary/aromatic N) is 5. The molecule has 0 spiro atoms. The third-order valence-electron chi connectivity index (χ3n) is 5.26. The maximum atomic E-state index is 13.5.